The largest absolute Gasteiger partial charge is 0.495 e. The third-order valence-electron chi connectivity index (χ3n) is 23.5. The molecule has 1 saturated carbocycles. The number of methoxy groups -OCH3 is 3. The average molecular weight is 1810 g/mol. The van der Waals surface area contributed by atoms with Crippen LogP contribution in [0.3, 0.4) is 0 Å². The molecule has 3 aromatic heterocycles. The summed E-state index contributed by atoms with van der Waals surface area (Å²) in [6.45, 7) is 13.7. The molecule has 10 heterocycles. The van der Waals surface area contributed by atoms with Gasteiger partial charge < -0.3 is 89.1 Å². The van der Waals surface area contributed by atoms with E-state index in [1.165, 1.54) is 57.0 Å². The lowest BCUT2D eigenvalue weighted by Crippen LogP contribution is -2.53. The number of nitrogens with zero attached hydrogens (tertiary/aromatic N) is 13. The number of hydrogen-bond acceptors (Lipinski definition) is 25. The van der Waals surface area contributed by atoms with Crippen molar-refractivity contribution in [2.45, 2.75) is 108 Å². The van der Waals surface area contributed by atoms with Gasteiger partial charge in [-0.3, -0.25) is 28.9 Å². The van der Waals surface area contributed by atoms with Gasteiger partial charge in [0.25, 0.3) is 29.5 Å². The minimum absolute atomic E-state index is 0.0276. The molecular weight excluding hydrogens is 1710 g/mol. The minimum atomic E-state index is -4.74. The third kappa shape index (κ3) is 20.8. The number of benzene rings is 6. The Morgan fingerprint density at radius 1 is 0.524 bits per heavy atom. The van der Waals surface area contributed by atoms with Gasteiger partial charge >= 0.3 is 6.18 Å². The first-order chi connectivity index (χ1) is 60.7. The first-order valence-corrected chi connectivity index (χ1v) is 43.2. The Labute approximate surface area is 747 Å². The first-order valence-electron chi connectivity index (χ1n) is 41.6. The van der Waals surface area contributed by atoms with Crippen LogP contribution in [0.4, 0.5) is 53.8 Å². The van der Waals surface area contributed by atoms with Crippen molar-refractivity contribution in [3.63, 3.8) is 0 Å². The van der Waals surface area contributed by atoms with Crippen LogP contribution in [0.1, 0.15) is 131 Å². The minimum Gasteiger partial charge on any atom is -0.495 e. The highest BCUT2D eigenvalue weighted by molar-refractivity contribution is 6.35. The Balaban J connectivity index is 0.000000146. The monoisotopic (exact) mass is 1810 g/mol. The van der Waals surface area contributed by atoms with E-state index in [0.29, 0.717) is 107 Å². The van der Waals surface area contributed by atoms with Crippen molar-refractivity contribution in [3.8, 4) is 46.4 Å². The highest BCUT2D eigenvalue weighted by atomic mass is 35.5. The van der Waals surface area contributed by atoms with Gasteiger partial charge in [0.15, 0.2) is 0 Å². The van der Waals surface area contributed by atoms with Crippen LogP contribution in [0.25, 0.3) is 0 Å². The fraction of sp³-hybridized carbons (Fsp3) is 0.404. The first kappa shape index (κ1) is 89.7. The summed E-state index contributed by atoms with van der Waals surface area (Å²) in [5.74, 6) is 0.915. The van der Waals surface area contributed by atoms with Gasteiger partial charge in [0.1, 0.15) is 44.4 Å². The van der Waals surface area contributed by atoms with Gasteiger partial charge in [-0.15, -0.1) is 0 Å². The summed E-state index contributed by atoms with van der Waals surface area (Å²) in [6.07, 6.45) is 6.69. The summed E-state index contributed by atoms with van der Waals surface area (Å²) in [6, 6.07) is 28.5. The fourth-order valence-electron chi connectivity index (χ4n) is 16.5. The molecule has 5 fully saturated rings. The van der Waals surface area contributed by atoms with E-state index >= 15 is 0 Å². The maximum absolute atomic E-state index is 13.9. The summed E-state index contributed by atoms with van der Waals surface area (Å²) >= 11 is 25.9. The number of aryl methyl sites for hydroxylation is 1. The molecule has 664 valence electrons. The van der Waals surface area contributed by atoms with E-state index in [1.54, 1.807) is 86.6 Å². The number of fused-ring (bicyclic) bond motifs is 3. The van der Waals surface area contributed by atoms with Crippen LogP contribution in [-0.2, 0) is 41.7 Å². The Morgan fingerprint density at radius 3 is 1.48 bits per heavy atom. The molecule has 37 heteroatoms. The number of carbonyl (C=O) groups excluding carboxylic acids is 5. The van der Waals surface area contributed by atoms with Gasteiger partial charge in [-0.25, -0.2) is 15.0 Å². The van der Waals surface area contributed by atoms with Crippen molar-refractivity contribution in [1.29, 1.82) is 0 Å². The second kappa shape index (κ2) is 39.4. The Morgan fingerprint density at radius 2 is 1.00 bits per heavy atom. The van der Waals surface area contributed by atoms with Crippen molar-refractivity contribution < 1.29 is 70.3 Å². The van der Waals surface area contributed by atoms with Crippen molar-refractivity contribution in [3.05, 3.63) is 191 Å². The number of likely N-dealkylation sites (N-methyl/N-ethyl adjacent to an activating group) is 1. The van der Waals surface area contributed by atoms with E-state index in [4.69, 9.17) is 79.6 Å². The van der Waals surface area contributed by atoms with Gasteiger partial charge in [-0.05, 0) is 154 Å². The SMILES string of the molecule is CCc1cc(N2CCN(CC3CC3)CC2)ccc1Nc1ncc(C(F)(F)F)c(Oc2cccc3c2C(=O)N(C)C3)n1.COc1cc(C(=O)NC2CCN(C3CCOCC3)CC2)c(Cl)cc1Nc1ncc(Cl)c(Oc2cccc3c2C(=O)N(C)C3)n1.COc1cc(C(=O)N[C@@H]2CCN(C)C[C@@H]2OC)c(Cl)cc1Nc1ncc(Cl)c(Oc2cccc3c2C(=O)N(C)C3)n1. The van der Waals surface area contributed by atoms with Crippen LogP contribution in [0.15, 0.2) is 116 Å². The molecule has 30 nitrogen and oxygen atoms in total. The Bertz CT molecular complexity index is 5570. The van der Waals surface area contributed by atoms with Crippen molar-refractivity contribution in [2.24, 2.45) is 5.92 Å². The maximum atomic E-state index is 13.9. The maximum Gasteiger partial charge on any atom is 0.423 e. The number of alkyl halides is 3. The number of piperidine rings is 2. The average Bonchev–Trinajstić information content (AvgIpc) is 1.61. The molecule has 1 aliphatic carbocycles. The Hall–Kier alpha value is -11.1. The zero-order chi connectivity index (χ0) is 88.8. The number of amides is 5. The van der Waals surface area contributed by atoms with E-state index in [1.807, 2.05) is 50.4 Å². The summed E-state index contributed by atoms with van der Waals surface area (Å²) in [5, 5.41) is 16.2. The molecule has 2 atom stereocenters. The van der Waals surface area contributed by atoms with Gasteiger partial charge in [0, 0.05) is 143 Å². The number of aromatic nitrogens is 6. The zero-order valence-electron chi connectivity index (χ0n) is 70.8. The number of halogens is 7. The molecular formula is C89H97Cl4F3N18O12. The standard InChI is InChI=1S/C31H34Cl2N6O5.C30H33F3N6O2.C28H30Cl2N6O5/c1-38-17-18-4-3-5-25(27(18)30(38)41)44-29-23(33)16-34-31(37-29)36-24-15-22(32)21(14-26(24)42-2)28(40)35-19-6-10-39(11-7-19)20-8-12-43-13-9-20;1-3-20-15-22(39-13-11-38(12-14-39)17-19-7-8-19)9-10-24(20)35-29-34-16-23(30(31,32)33)27(36-29)41-25-6-4-5-21-18-37(2)28(40)26(21)25;1-35-9-8-19(23(14-35)40-4)32-25(37)16-10-22(39-3)20(11-17(16)29)33-28-31-12-18(30)26(34-28)41-21-7-5-6-15-13-36(2)27(38)24(15)21/h3-5,14-16,19-20H,6-13,17H2,1-2H3,(H,35,40)(H,34,36,37);4-6,9-10,15-16,19H,3,7-8,11-14,17-18H2,1-2H3,(H,34,35,36);5-7,10-12,19,23H,8-9,13-14H2,1-4H3,(H,32,37)(H,31,33,34)/t;;19-,23+/m..1/s1. The van der Waals surface area contributed by atoms with Crippen molar-refractivity contribution in [1.82, 2.24) is 69.9 Å². The number of carbonyl (C=O) groups is 5. The van der Waals surface area contributed by atoms with E-state index in [9.17, 15) is 37.1 Å². The molecule has 0 spiro atoms. The molecule has 17 rings (SSSR count). The Kier molecular flexibility index (Phi) is 28.0. The summed E-state index contributed by atoms with van der Waals surface area (Å²) in [4.78, 5) is 104. The second-order valence-electron chi connectivity index (χ2n) is 32.2. The smallest absolute Gasteiger partial charge is 0.423 e. The lowest BCUT2D eigenvalue weighted by molar-refractivity contribution is -0.139. The molecule has 7 aliphatic heterocycles. The number of hydrogen-bond donors (Lipinski definition) is 5. The number of nitrogens with one attached hydrogen (secondary N) is 5. The van der Waals surface area contributed by atoms with Gasteiger partial charge in [-0.2, -0.15) is 28.1 Å². The number of piperazine rings is 1. The molecule has 0 unspecified atom stereocenters. The lowest BCUT2D eigenvalue weighted by atomic mass is 9.99. The van der Waals surface area contributed by atoms with Crippen LogP contribution in [0.5, 0.6) is 46.4 Å². The van der Waals surface area contributed by atoms with E-state index in [0.717, 1.165) is 119 Å². The highest BCUT2D eigenvalue weighted by Gasteiger charge is 2.40. The molecule has 6 aromatic carbocycles. The topological polar surface area (TPSA) is 310 Å². The van der Waals surface area contributed by atoms with Crippen LogP contribution >= 0.6 is 46.4 Å². The number of anilines is 7. The van der Waals surface area contributed by atoms with E-state index < -0.39 is 17.6 Å². The van der Waals surface area contributed by atoms with Gasteiger partial charge in [0.2, 0.25) is 35.5 Å². The molecule has 4 saturated heterocycles. The van der Waals surface area contributed by atoms with Crippen LogP contribution in [0, 0.1) is 5.92 Å². The molecule has 9 aromatic rings. The van der Waals surface area contributed by atoms with E-state index in [-0.39, 0.29) is 114 Å². The highest BCUT2D eigenvalue weighted by Crippen LogP contribution is 2.44. The quantitative estimate of drug-likeness (QED) is 0.0375. The number of rotatable bonds is 24. The molecule has 0 bridgehead atoms. The van der Waals surface area contributed by atoms with Crippen LogP contribution < -0.4 is 55.2 Å². The van der Waals surface area contributed by atoms with Gasteiger partial charge in [-0.1, -0.05) is 89.7 Å². The molecule has 126 heavy (non-hydrogen) atoms. The predicted octanol–water partition coefficient (Wildman–Crippen LogP) is 15.4. The normalized spacial score (nSPS) is 18.0. The number of likely N-dealkylation sites (tertiary alicyclic amines) is 2. The zero-order valence-corrected chi connectivity index (χ0v) is 73.8. The van der Waals surface area contributed by atoms with Crippen LogP contribution in [0.2, 0.25) is 20.1 Å². The third-order valence-corrected chi connectivity index (χ3v) is 24.7. The molecule has 8 aliphatic rings. The fourth-order valence-corrected chi connectivity index (χ4v) is 17.2. The lowest BCUT2D eigenvalue weighted by Gasteiger charge is -2.39. The van der Waals surface area contributed by atoms with E-state index in [2.05, 4.69) is 82.2 Å². The summed E-state index contributed by atoms with van der Waals surface area (Å²) in [7, 11) is 11.7. The molecule has 0 radical (unpaired) electrons. The van der Waals surface area contributed by atoms with Gasteiger partial charge in [0.05, 0.1) is 88.0 Å². The van der Waals surface area contributed by atoms with Crippen molar-refractivity contribution in [2.75, 3.05) is 142 Å². The summed E-state index contributed by atoms with van der Waals surface area (Å²) < 4.78 is 81.6. The van der Waals surface area contributed by atoms with Crippen LogP contribution in [-0.4, -0.2) is 235 Å². The second-order valence-corrected chi connectivity index (χ2v) is 33.8. The number of ether oxygens (including phenoxy) is 7. The van der Waals surface area contributed by atoms with Crippen molar-refractivity contribution >= 4 is 117 Å². The molecule has 5 N–H and O–H groups in total. The summed E-state index contributed by atoms with van der Waals surface area (Å²) in [5.41, 5.74) is 6.78. The predicted molar refractivity (Wildman–Crippen MR) is 471 cm³/mol. The molecule has 5 amide bonds.